The normalized spacial score (nSPS) is 24.3. The maximum Gasteiger partial charge on any atom is 0.330 e. The van der Waals surface area contributed by atoms with Crippen molar-refractivity contribution in [1.82, 2.24) is 4.98 Å². The highest BCUT2D eigenvalue weighted by atomic mass is 16.6. The Kier molecular flexibility index (Phi) is 4.09. The highest BCUT2D eigenvalue weighted by Gasteiger charge is 2.25. The van der Waals surface area contributed by atoms with Gasteiger partial charge < -0.3 is 10.5 Å². The summed E-state index contributed by atoms with van der Waals surface area (Å²) in [6.45, 7) is 0. The molecule has 2 unspecified atom stereocenters. The SMILES string of the molecule is NC1CCCCCC1Oc1ncccc1[N+](=O)[O-]. The smallest absolute Gasteiger partial charge is 0.330 e. The number of hydrogen-bond acceptors (Lipinski definition) is 5. The van der Waals surface area contributed by atoms with Gasteiger partial charge in [-0.05, 0) is 25.3 Å². The summed E-state index contributed by atoms with van der Waals surface area (Å²) in [6.07, 6.45) is 6.30. The molecule has 2 atom stereocenters. The Morgan fingerprint density at radius 2 is 2.17 bits per heavy atom. The van der Waals surface area contributed by atoms with E-state index in [9.17, 15) is 10.1 Å². The van der Waals surface area contributed by atoms with Crippen LogP contribution in [0, 0.1) is 10.1 Å². The van der Waals surface area contributed by atoms with Crippen molar-refractivity contribution in [2.45, 2.75) is 44.2 Å². The van der Waals surface area contributed by atoms with E-state index in [1.165, 1.54) is 18.3 Å². The molecule has 1 fully saturated rings. The zero-order chi connectivity index (χ0) is 13.0. The number of aromatic nitrogens is 1. The predicted molar refractivity (Wildman–Crippen MR) is 66.4 cm³/mol. The van der Waals surface area contributed by atoms with Gasteiger partial charge in [-0.3, -0.25) is 10.1 Å². The van der Waals surface area contributed by atoms with E-state index in [4.69, 9.17) is 10.5 Å². The van der Waals surface area contributed by atoms with Gasteiger partial charge in [0.15, 0.2) is 0 Å². The Labute approximate surface area is 105 Å². The number of nitro groups is 1. The standard InChI is InChI=1S/C12H17N3O3/c13-9-5-2-1-3-7-11(9)18-12-10(15(16)17)6-4-8-14-12/h4,6,8-9,11H,1-3,5,7,13H2. The summed E-state index contributed by atoms with van der Waals surface area (Å²) in [4.78, 5) is 14.3. The van der Waals surface area contributed by atoms with Gasteiger partial charge in [-0.1, -0.05) is 12.8 Å². The van der Waals surface area contributed by atoms with E-state index >= 15 is 0 Å². The van der Waals surface area contributed by atoms with Gasteiger partial charge in [-0.2, -0.15) is 0 Å². The van der Waals surface area contributed by atoms with Gasteiger partial charge >= 0.3 is 5.69 Å². The molecule has 1 aromatic heterocycles. The van der Waals surface area contributed by atoms with Crippen molar-refractivity contribution < 1.29 is 9.66 Å². The maximum atomic E-state index is 10.9. The Bertz CT molecular complexity index is 425. The van der Waals surface area contributed by atoms with Crippen LogP contribution in [-0.4, -0.2) is 22.1 Å². The lowest BCUT2D eigenvalue weighted by Crippen LogP contribution is -2.38. The second-order valence-electron chi connectivity index (χ2n) is 4.54. The average molecular weight is 251 g/mol. The summed E-state index contributed by atoms with van der Waals surface area (Å²) in [5.74, 6) is 0.0739. The molecule has 1 heterocycles. The van der Waals surface area contributed by atoms with Crippen molar-refractivity contribution >= 4 is 5.69 Å². The summed E-state index contributed by atoms with van der Waals surface area (Å²) < 4.78 is 5.66. The van der Waals surface area contributed by atoms with Gasteiger partial charge in [-0.25, -0.2) is 4.98 Å². The topological polar surface area (TPSA) is 91.3 Å². The summed E-state index contributed by atoms with van der Waals surface area (Å²) >= 11 is 0. The van der Waals surface area contributed by atoms with Crippen LogP contribution >= 0.6 is 0 Å². The molecule has 98 valence electrons. The van der Waals surface area contributed by atoms with Crippen molar-refractivity contribution in [3.05, 3.63) is 28.4 Å². The zero-order valence-corrected chi connectivity index (χ0v) is 10.1. The fourth-order valence-corrected chi connectivity index (χ4v) is 2.20. The summed E-state index contributed by atoms with van der Waals surface area (Å²) in [7, 11) is 0. The molecule has 1 aliphatic carbocycles. The van der Waals surface area contributed by atoms with Gasteiger partial charge in [0.25, 0.3) is 5.88 Å². The van der Waals surface area contributed by atoms with Crippen molar-refractivity contribution in [2.24, 2.45) is 5.73 Å². The minimum atomic E-state index is -0.482. The van der Waals surface area contributed by atoms with Crippen LogP contribution in [0.4, 0.5) is 5.69 Å². The predicted octanol–water partition coefficient (Wildman–Crippen LogP) is 2.03. The molecule has 2 N–H and O–H groups in total. The second kappa shape index (κ2) is 5.77. The minimum Gasteiger partial charge on any atom is -0.468 e. The molecule has 1 saturated carbocycles. The molecule has 0 amide bonds. The van der Waals surface area contributed by atoms with Crippen molar-refractivity contribution in [2.75, 3.05) is 0 Å². The number of nitrogens with zero attached hydrogens (tertiary/aromatic N) is 2. The molecule has 6 nitrogen and oxygen atoms in total. The van der Waals surface area contributed by atoms with E-state index in [2.05, 4.69) is 4.98 Å². The average Bonchev–Trinajstić information content (AvgIpc) is 2.55. The fraction of sp³-hybridized carbons (Fsp3) is 0.583. The number of hydrogen-bond donors (Lipinski definition) is 1. The lowest BCUT2D eigenvalue weighted by atomic mass is 10.1. The zero-order valence-electron chi connectivity index (χ0n) is 10.1. The van der Waals surface area contributed by atoms with Gasteiger partial charge in [0.05, 0.1) is 4.92 Å². The lowest BCUT2D eigenvalue weighted by Gasteiger charge is -2.21. The Morgan fingerprint density at radius 1 is 1.39 bits per heavy atom. The van der Waals surface area contributed by atoms with E-state index in [0.717, 1.165) is 32.1 Å². The Balaban J connectivity index is 2.14. The fourth-order valence-electron chi connectivity index (χ4n) is 2.20. The molecule has 1 aliphatic rings. The molecule has 0 spiro atoms. The molecule has 18 heavy (non-hydrogen) atoms. The van der Waals surface area contributed by atoms with E-state index in [1.807, 2.05) is 0 Å². The van der Waals surface area contributed by atoms with Gasteiger partial charge in [0.2, 0.25) is 0 Å². The van der Waals surface area contributed by atoms with Crippen LogP contribution in [0.15, 0.2) is 18.3 Å². The van der Waals surface area contributed by atoms with Gasteiger partial charge in [-0.15, -0.1) is 0 Å². The van der Waals surface area contributed by atoms with Crippen LogP contribution in [0.25, 0.3) is 0 Å². The second-order valence-corrected chi connectivity index (χ2v) is 4.54. The molecule has 0 aliphatic heterocycles. The molecule has 0 saturated heterocycles. The van der Waals surface area contributed by atoms with E-state index in [-0.39, 0.29) is 23.7 Å². The van der Waals surface area contributed by atoms with E-state index in [1.54, 1.807) is 0 Å². The third kappa shape index (κ3) is 2.95. The maximum absolute atomic E-state index is 10.9. The van der Waals surface area contributed by atoms with Crippen LogP contribution in [-0.2, 0) is 0 Å². The molecule has 0 bridgehead atoms. The summed E-state index contributed by atoms with van der Waals surface area (Å²) in [6, 6.07) is 2.84. The number of rotatable bonds is 3. The molecular formula is C12H17N3O3. The van der Waals surface area contributed by atoms with Crippen molar-refractivity contribution in [1.29, 1.82) is 0 Å². The van der Waals surface area contributed by atoms with Crippen LogP contribution in [0.3, 0.4) is 0 Å². The molecule has 2 rings (SSSR count). The quantitative estimate of drug-likeness (QED) is 0.504. The Hall–Kier alpha value is -1.69. The minimum absolute atomic E-state index is 0.0739. The monoisotopic (exact) mass is 251 g/mol. The third-order valence-electron chi connectivity index (χ3n) is 3.21. The molecular weight excluding hydrogens is 234 g/mol. The number of nitrogens with two attached hydrogens (primary N) is 1. The number of pyridine rings is 1. The highest BCUT2D eigenvalue weighted by molar-refractivity contribution is 5.39. The van der Waals surface area contributed by atoms with Crippen LogP contribution in [0.1, 0.15) is 32.1 Å². The number of ether oxygens (including phenoxy) is 1. The van der Waals surface area contributed by atoms with E-state index in [0.29, 0.717) is 0 Å². The highest BCUT2D eigenvalue weighted by Crippen LogP contribution is 2.27. The van der Waals surface area contributed by atoms with Crippen molar-refractivity contribution in [3.63, 3.8) is 0 Å². The van der Waals surface area contributed by atoms with Gasteiger partial charge in [0.1, 0.15) is 6.10 Å². The first-order valence-electron chi connectivity index (χ1n) is 6.20. The lowest BCUT2D eigenvalue weighted by molar-refractivity contribution is -0.386. The molecule has 1 aromatic rings. The molecule has 0 radical (unpaired) electrons. The first kappa shape index (κ1) is 12.8. The first-order valence-corrected chi connectivity index (χ1v) is 6.20. The summed E-state index contributed by atoms with van der Waals surface area (Å²) in [5.41, 5.74) is 5.93. The van der Waals surface area contributed by atoms with Crippen LogP contribution in [0.5, 0.6) is 5.88 Å². The Morgan fingerprint density at radius 3 is 2.94 bits per heavy atom. The molecule has 6 heteroatoms. The third-order valence-corrected chi connectivity index (χ3v) is 3.21. The first-order chi connectivity index (χ1) is 8.68. The molecule has 0 aromatic carbocycles. The van der Waals surface area contributed by atoms with Crippen LogP contribution in [0.2, 0.25) is 0 Å². The van der Waals surface area contributed by atoms with Crippen LogP contribution < -0.4 is 10.5 Å². The van der Waals surface area contributed by atoms with Gasteiger partial charge in [0, 0.05) is 18.3 Å². The largest absolute Gasteiger partial charge is 0.468 e. The van der Waals surface area contributed by atoms with Crippen molar-refractivity contribution in [3.8, 4) is 5.88 Å². The summed E-state index contributed by atoms with van der Waals surface area (Å²) in [5, 5.41) is 10.9. The van der Waals surface area contributed by atoms with E-state index < -0.39 is 4.92 Å².